The number of hydrogen-bond donors (Lipinski definition) is 1. The maximum atomic E-state index is 11.8. The van der Waals surface area contributed by atoms with Gasteiger partial charge in [-0.3, -0.25) is 4.98 Å². The van der Waals surface area contributed by atoms with Crippen LogP contribution >= 0.6 is 0 Å². The lowest BCUT2D eigenvalue weighted by atomic mass is 10.2. The molecule has 0 aliphatic rings. The number of carbonyl (C=O) groups is 1. The van der Waals surface area contributed by atoms with Gasteiger partial charge in [-0.15, -0.1) is 0 Å². The summed E-state index contributed by atoms with van der Waals surface area (Å²) in [5, 5.41) is 2.50. The van der Waals surface area contributed by atoms with Crippen LogP contribution in [0.4, 0.5) is 10.5 Å². The van der Waals surface area contributed by atoms with Gasteiger partial charge >= 0.3 is 11.7 Å². The van der Waals surface area contributed by atoms with E-state index in [9.17, 15) is 9.59 Å². The van der Waals surface area contributed by atoms with Gasteiger partial charge in [0.25, 0.3) is 0 Å². The molecule has 2 heterocycles. The third kappa shape index (κ3) is 3.03. The first-order chi connectivity index (χ1) is 9.61. The number of urea groups is 1. The van der Waals surface area contributed by atoms with Gasteiger partial charge in [-0.25, -0.2) is 9.59 Å². The first kappa shape index (κ1) is 13.8. The highest BCUT2D eigenvalue weighted by Crippen LogP contribution is 2.17. The molecule has 0 saturated carbocycles. The Morgan fingerprint density at radius 1 is 1.40 bits per heavy atom. The molecule has 6 nitrogen and oxygen atoms in total. The Morgan fingerprint density at radius 3 is 2.80 bits per heavy atom. The highest BCUT2D eigenvalue weighted by Gasteiger charge is 2.11. The Hall–Kier alpha value is -2.63. The van der Waals surface area contributed by atoms with E-state index in [1.165, 1.54) is 11.0 Å². The highest BCUT2D eigenvalue weighted by atomic mass is 16.4. The molecule has 0 radical (unpaired) electrons. The summed E-state index contributed by atoms with van der Waals surface area (Å²) in [6.07, 6.45) is 3.23. The van der Waals surface area contributed by atoms with Gasteiger partial charge in [0.05, 0.1) is 0 Å². The van der Waals surface area contributed by atoms with Crippen LogP contribution in [-0.4, -0.2) is 29.5 Å². The maximum Gasteiger partial charge on any atom is 0.360 e. The van der Waals surface area contributed by atoms with Crippen LogP contribution < -0.4 is 10.9 Å². The number of amides is 2. The van der Waals surface area contributed by atoms with Gasteiger partial charge in [0, 0.05) is 31.5 Å². The molecule has 0 fully saturated rings. The normalized spacial score (nSPS) is 10.1. The first-order valence-electron chi connectivity index (χ1n) is 6.18. The van der Waals surface area contributed by atoms with Crippen molar-refractivity contribution in [2.45, 2.75) is 6.92 Å². The van der Waals surface area contributed by atoms with E-state index >= 15 is 0 Å². The number of anilines is 1. The van der Waals surface area contributed by atoms with Crippen LogP contribution in [0.3, 0.4) is 0 Å². The van der Waals surface area contributed by atoms with Crippen LogP contribution in [0, 0.1) is 0 Å². The van der Waals surface area contributed by atoms with Crippen molar-refractivity contribution in [3.05, 3.63) is 47.1 Å². The summed E-state index contributed by atoms with van der Waals surface area (Å²) in [6, 6.07) is 6.33. The van der Waals surface area contributed by atoms with Crippen LogP contribution in [0.1, 0.15) is 6.92 Å². The molecule has 0 atom stereocenters. The molecule has 2 amide bonds. The fraction of sp³-hybridized carbons (Fsp3) is 0.214. The summed E-state index contributed by atoms with van der Waals surface area (Å²) < 4.78 is 5.18. The molecule has 2 aromatic heterocycles. The second-order valence-corrected chi connectivity index (χ2v) is 4.19. The number of rotatable bonds is 3. The van der Waals surface area contributed by atoms with Gasteiger partial charge in [-0.1, -0.05) is 0 Å². The van der Waals surface area contributed by atoms with Crippen molar-refractivity contribution in [3.8, 4) is 11.3 Å². The fourth-order valence-electron chi connectivity index (χ4n) is 1.53. The largest absolute Gasteiger partial charge is 0.421 e. The van der Waals surface area contributed by atoms with Gasteiger partial charge in [0.2, 0.25) is 0 Å². The number of nitrogens with one attached hydrogen (secondary N) is 1. The third-order valence-electron chi connectivity index (χ3n) is 2.83. The molecule has 20 heavy (non-hydrogen) atoms. The smallest absolute Gasteiger partial charge is 0.360 e. The van der Waals surface area contributed by atoms with E-state index in [2.05, 4.69) is 10.3 Å². The maximum absolute atomic E-state index is 11.8. The number of hydrogen-bond acceptors (Lipinski definition) is 4. The van der Waals surface area contributed by atoms with Crippen LogP contribution in [0.25, 0.3) is 11.3 Å². The van der Waals surface area contributed by atoms with Crippen molar-refractivity contribution in [2.24, 2.45) is 0 Å². The molecule has 1 N–H and O–H groups in total. The second kappa shape index (κ2) is 6.01. The average Bonchev–Trinajstić information content (AvgIpc) is 2.49. The quantitative estimate of drug-likeness (QED) is 0.930. The number of nitrogens with zero attached hydrogens (tertiary/aromatic N) is 2. The SMILES string of the molecule is CCN(C)C(=O)Nc1ccc(-c2cccnc2)oc1=O. The molecule has 0 aromatic carbocycles. The lowest BCUT2D eigenvalue weighted by Gasteiger charge is -2.14. The lowest BCUT2D eigenvalue weighted by molar-refractivity contribution is 0.224. The zero-order valence-corrected chi connectivity index (χ0v) is 11.3. The molecule has 2 aromatic rings. The van der Waals surface area contributed by atoms with Crippen LogP contribution in [0.2, 0.25) is 0 Å². The summed E-state index contributed by atoms with van der Waals surface area (Å²) in [5.74, 6) is 0.407. The Balaban J connectivity index is 2.23. The van der Waals surface area contributed by atoms with Gasteiger partial charge in [-0.2, -0.15) is 0 Å². The Labute approximate surface area is 116 Å². The van der Waals surface area contributed by atoms with Crippen molar-refractivity contribution in [1.82, 2.24) is 9.88 Å². The van der Waals surface area contributed by atoms with E-state index in [0.717, 1.165) is 0 Å². The third-order valence-corrected chi connectivity index (χ3v) is 2.83. The molecule has 0 spiro atoms. The number of aromatic nitrogens is 1. The second-order valence-electron chi connectivity index (χ2n) is 4.19. The minimum atomic E-state index is -0.593. The summed E-state index contributed by atoms with van der Waals surface area (Å²) in [4.78, 5) is 28.9. The van der Waals surface area contributed by atoms with Gasteiger partial charge in [0.1, 0.15) is 11.4 Å². The van der Waals surface area contributed by atoms with Crippen LogP contribution in [0.15, 0.2) is 45.9 Å². The molecule has 104 valence electrons. The molecule has 0 saturated heterocycles. The van der Waals surface area contributed by atoms with E-state index in [0.29, 0.717) is 17.9 Å². The zero-order chi connectivity index (χ0) is 14.5. The van der Waals surface area contributed by atoms with Gasteiger partial charge < -0.3 is 14.6 Å². The average molecular weight is 273 g/mol. The van der Waals surface area contributed by atoms with E-state index < -0.39 is 5.63 Å². The van der Waals surface area contributed by atoms with E-state index in [1.54, 1.807) is 37.6 Å². The predicted octanol–water partition coefficient (Wildman–Crippen LogP) is 2.19. The van der Waals surface area contributed by atoms with Crippen molar-refractivity contribution >= 4 is 11.7 Å². The summed E-state index contributed by atoms with van der Waals surface area (Å²) >= 11 is 0. The zero-order valence-electron chi connectivity index (χ0n) is 11.3. The van der Waals surface area contributed by atoms with Crippen LogP contribution in [-0.2, 0) is 0 Å². The number of carbonyl (C=O) groups excluding carboxylic acids is 1. The van der Waals surface area contributed by atoms with Gasteiger partial charge in [-0.05, 0) is 31.2 Å². The molecular formula is C14H15N3O3. The first-order valence-corrected chi connectivity index (χ1v) is 6.18. The standard InChI is InChI=1S/C14H15N3O3/c1-3-17(2)14(19)16-11-6-7-12(20-13(11)18)10-5-4-8-15-9-10/h4-9H,3H2,1-2H3,(H,16,19). The molecule has 2 rings (SSSR count). The van der Waals surface area contributed by atoms with Crippen molar-refractivity contribution in [1.29, 1.82) is 0 Å². The van der Waals surface area contributed by atoms with E-state index in [4.69, 9.17) is 4.42 Å². The highest BCUT2D eigenvalue weighted by molar-refractivity contribution is 5.88. The summed E-state index contributed by atoms with van der Waals surface area (Å²) in [6.45, 7) is 2.39. The van der Waals surface area contributed by atoms with Crippen molar-refractivity contribution < 1.29 is 9.21 Å². The minimum absolute atomic E-state index is 0.114. The Bertz CT molecular complexity index is 652. The molecule has 0 aliphatic carbocycles. The lowest BCUT2D eigenvalue weighted by Crippen LogP contribution is -2.32. The monoisotopic (exact) mass is 273 g/mol. The van der Waals surface area contributed by atoms with Crippen LogP contribution in [0.5, 0.6) is 0 Å². The summed E-state index contributed by atoms with van der Waals surface area (Å²) in [5.41, 5.74) is 0.222. The Morgan fingerprint density at radius 2 is 2.20 bits per heavy atom. The van der Waals surface area contributed by atoms with E-state index in [1.807, 2.05) is 6.92 Å². The van der Waals surface area contributed by atoms with Gasteiger partial charge in [0.15, 0.2) is 0 Å². The van der Waals surface area contributed by atoms with Crippen molar-refractivity contribution in [2.75, 3.05) is 18.9 Å². The molecule has 0 unspecified atom stereocenters. The molecule has 0 bridgehead atoms. The molecular weight excluding hydrogens is 258 g/mol. The van der Waals surface area contributed by atoms with E-state index in [-0.39, 0.29) is 11.7 Å². The topological polar surface area (TPSA) is 75.4 Å². The summed E-state index contributed by atoms with van der Waals surface area (Å²) in [7, 11) is 1.64. The Kier molecular flexibility index (Phi) is 4.14. The van der Waals surface area contributed by atoms with Crippen molar-refractivity contribution in [3.63, 3.8) is 0 Å². The number of pyridine rings is 1. The molecule has 0 aliphatic heterocycles. The molecule has 6 heteroatoms. The predicted molar refractivity (Wildman–Crippen MR) is 75.5 cm³/mol. The fourth-order valence-corrected chi connectivity index (χ4v) is 1.53. The minimum Gasteiger partial charge on any atom is -0.421 e.